The van der Waals surface area contributed by atoms with Crippen molar-refractivity contribution in [2.75, 3.05) is 0 Å². The van der Waals surface area contributed by atoms with Gasteiger partial charge in [0.25, 0.3) is 0 Å². The molecule has 0 heterocycles. The number of oxime groups is 1. The highest BCUT2D eigenvalue weighted by atomic mass is 79.9. The van der Waals surface area contributed by atoms with E-state index in [1.54, 1.807) is 0 Å². The number of hydrogen-bond acceptors (Lipinski definition) is 2. The highest BCUT2D eigenvalue weighted by Gasteiger charge is 1.92. The van der Waals surface area contributed by atoms with Crippen LogP contribution in [0.5, 0.6) is 0 Å². The monoisotopic (exact) mass is 213 g/mol. The smallest absolute Gasteiger partial charge is 0.0734 e. The van der Waals surface area contributed by atoms with Gasteiger partial charge in [-0.25, -0.2) is 0 Å². The van der Waals surface area contributed by atoms with Crippen molar-refractivity contribution in [3.05, 3.63) is 33.8 Å². The Morgan fingerprint density at radius 1 is 1.45 bits per heavy atom. The molecular weight excluding hydrogens is 206 g/mol. The summed E-state index contributed by atoms with van der Waals surface area (Å²) in [6.45, 7) is 1.99. The standard InChI is InChI=1S/C8H8BrNO/c1-6-2-7(5-10-11)4-8(9)3-6/h2-5,11H,1H3/b10-5+. The normalized spacial score (nSPS) is 10.7. The Bertz CT molecular complexity index is 263. The molecule has 2 nitrogen and oxygen atoms in total. The van der Waals surface area contributed by atoms with E-state index in [0.29, 0.717) is 0 Å². The van der Waals surface area contributed by atoms with Gasteiger partial charge >= 0.3 is 0 Å². The summed E-state index contributed by atoms with van der Waals surface area (Å²) in [5.41, 5.74) is 2.02. The van der Waals surface area contributed by atoms with Crippen LogP contribution in [0, 0.1) is 6.92 Å². The van der Waals surface area contributed by atoms with Crippen molar-refractivity contribution in [3.8, 4) is 0 Å². The summed E-state index contributed by atoms with van der Waals surface area (Å²) in [5.74, 6) is 0. The van der Waals surface area contributed by atoms with E-state index in [1.165, 1.54) is 6.21 Å². The maximum absolute atomic E-state index is 8.26. The van der Waals surface area contributed by atoms with Gasteiger partial charge in [-0.3, -0.25) is 0 Å². The van der Waals surface area contributed by atoms with Crippen molar-refractivity contribution in [1.82, 2.24) is 0 Å². The van der Waals surface area contributed by atoms with Crippen LogP contribution in [-0.2, 0) is 0 Å². The van der Waals surface area contributed by atoms with Gasteiger partial charge in [-0.2, -0.15) is 0 Å². The largest absolute Gasteiger partial charge is 0.411 e. The van der Waals surface area contributed by atoms with Crippen molar-refractivity contribution in [1.29, 1.82) is 0 Å². The molecule has 0 amide bonds. The Kier molecular flexibility index (Phi) is 2.65. The van der Waals surface area contributed by atoms with Crippen molar-refractivity contribution >= 4 is 22.1 Å². The molecule has 0 aromatic heterocycles. The maximum Gasteiger partial charge on any atom is 0.0734 e. The minimum atomic E-state index is 0.888. The molecule has 0 bridgehead atoms. The van der Waals surface area contributed by atoms with Crippen molar-refractivity contribution in [3.63, 3.8) is 0 Å². The van der Waals surface area contributed by atoms with E-state index in [4.69, 9.17) is 5.21 Å². The molecule has 3 heteroatoms. The third kappa shape index (κ3) is 2.35. The van der Waals surface area contributed by atoms with E-state index in [0.717, 1.165) is 15.6 Å². The van der Waals surface area contributed by atoms with Gasteiger partial charge in [-0.15, -0.1) is 0 Å². The number of benzene rings is 1. The second kappa shape index (κ2) is 3.53. The molecule has 11 heavy (non-hydrogen) atoms. The van der Waals surface area contributed by atoms with Crippen LogP contribution in [0.3, 0.4) is 0 Å². The molecule has 0 atom stereocenters. The van der Waals surface area contributed by atoms with Crippen LogP contribution in [0.4, 0.5) is 0 Å². The van der Waals surface area contributed by atoms with E-state index < -0.39 is 0 Å². The third-order valence-corrected chi connectivity index (χ3v) is 1.73. The van der Waals surface area contributed by atoms with Crippen LogP contribution < -0.4 is 0 Å². The molecule has 1 N–H and O–H groups in total. The first-order valence-electron chi connectivity index (χ1n) is 3.17. The van der Waals surface area contributed by atoms with Gasteiger partial charge in [-0.05, 0) is 30.2 Å². The fourth-order valence-corrected chi connectivity index (χ4v) is 1.53. The van der Waals surface area contributed by atoms with Gasteiger partial charge in [-0.1, -0.05) is 27.2 Å². The molecule has 0 aliphatic heterocycles. The first-order chi connectivity index (χ1) is 5.22. The molecule has 0 saturated carbocycles. The van der Waals surface area contributed by atoms with E-state index in [2.05, 4.69) is 21.1 Å². The molecule has 0 aliphatic rings. The molecule has 0 fully saturated rings. The van der Waals surface area contributed by atoms with Crippen LogP contribution in [0.15, 0.2) is 27.8 Å². The van der Waals surface area contributed by atoms with E-state index in [1.807, 2.05) is 25.1 Å². The van der Waals surface area contributed by atoms with Crippen LogP contribution in [0.1, 0.15) is 11.1 Å². The van der Waals surface area contributed by atoms with E-state index in [9.17, 15) is 0 Å². The zero-order valence-corrected chi connectivity index (χ0v) is 7.67. The molecule has 1 aromatic carbocycles. The minimum Gasteiger partial charge on any atom is -0.411 e. The highest BCUT2D eigenvalue weighted by Crippen LogP contribution is 2.13. The van der Waals surface area contributed by atoms with E-state index >= 15 is 0 Å². The lowest BCUT2D eigenvalue weighted by Gasteiger charge is -1.96. The molecule has 0 unspecified atom stereocenters. The summed E-state index contributed by atoms with van der Waals surface area (Å²) >= 11 is 3.34. The Morgan fingerprint density at radius 3 is 2.73 bits per heavy atom. The third-order valence-electron chi connectivity index (χ3n) is 1.27. The fraction of sp³-hybridized carbons (Fsp3) is 0.125. The number of halogens is 1. The summed E-state index contributed by atoms with van der Waals surface area (Å²) in [4.78, 5) is 0. The van der Waals surface area contributed by atoms with Crippen LogP contribution in [0.2, 0.25) is 0 Å². The fourth-order valence-electron chi connectivity index (χ4n) is 0.906. The van der Waals surface area contributed by atoms with Gasteiger partial charge in [0.05, 0.1) is 6.21 Å². The van der Waals surface area contributed by atoms with Gasteiger partial charge < -0.3 is 5.21 Å². The lowest BCUT2D eigenvalue weighted by Crippen LogP contribution is -1.82. The first kappa shape index (κ1) is 8.27. The molecule has 0 spiro atoms. The molecule has 0 radical (unpaired) electrons. The lowest BCUT2D eigenvalue weighted by molar-refractivity contribution is 0.322. The minimum absolute atomic E-state index is 0.888. The SMILES string of the molecule is Cc1cc(Br)cc(/C=N/O)c1. The number of aryl methyl sites for hydroxylation is 1. The summed E-state index contributed by atoms with van der Waals surface area (Å²) in [6.07, 6.45) is 1.40. The molecule has 0 saturated heterocycles. The van der Waals surface area contributed by atoms with Gasteiger partial charge in [0, 0.05) is 4.47 Å². The predicted octanol–water partition coefficient (Wildman–Crippen LogP) is 2.57. The second-order valence-corrected chi connectivity index (χ2v) is 3.22. The molecule has 1 aromatic rings. The van der Waals surface area contributed by atoms with Crippen molar-refractivity contribution in [2.24, 2.45) is 5.16 Å². The molecule has 0 aliphatic carbocycles. The number of nitrogens with zero attached hydrogens (tertiary/aromatic N) is 1. The average Bonchev–Trinajstić information content (AvgIpc) is 1.85. The Labute approximate surface area is 73.7 Å². The van der Waals surface area contributed by atoms with Gasteiger partial charge in [0.2, 0.25) is 0 Å². The zero-order chi connectivity index (χ0) is 8.27. The quantitative estimate of drug-likeness (QED) is 0.435. The first-order valence-corrected chi connectivity index (χ1v) is 3.96. The summed E-state index contributed by atoms with van der Waals surface area (Å²) in [7, 11) is 0. The Balaban J connectivity index is 3.08. The number of hydrogen-bond donors (Lipinski definition) is 1. The second-order valence-electron chi connectivity index (χ2n) is 2.31. The Hall–Kier alpha value is -0.830. The topological polar surface area (TPSA) is 32.6 Å². The predicted molar refractivity (Wildman–Crippen MR) is 48.3 cm³/mol. The molecule has 1 rings (SSSR count). The van der Waals surface area contributed by atoms with E-state index in [-0.39, 0.29) is 0 Å². The average molecular weight is 214 g/mol. The molecular formula is C8H8BrNO. The highest BCUT2D eigenvalue weighted by molar-refractivity contribution is 9.10. The lowest BCUT2D eigenvalue weighted by atomic mass is 10.2. The summed E-state index contributed by atoms with van der Waals surface area (Å²) in [5, 5.41) is 11.2. The van der Waals surface area contributed by atoms with Gasteiger partial charge in [0.15, 0.2) is 0 Å². The zero-order valence-electron chi connectivity index (χ0n) is 6.08. The van der Waals surface area contributed by atoms with Crippen LogP contribution >= 0.6 is 15.9 Å². The van der Waals surface area contributed by atoms with Gasteiger partial charge in [0.1, 0.15) is 0 Å². The summed E-state index contributed by atoms with van der Waals surface area (Å²) < 4.78 is 0.993. The summed E-state index contributed by atoms with van der Waals surface area (Å²) in [6, 6.07) is 5.81. The Morgan fingerprint density at radius 2 is 2.18 bits per heavy atom. The van der Waals surface area contributed by atoms with Crippen LogP contribution in [-0.4, -0.2) is 11.4 Å². The van der Waals surface area contributed by atoms with Crippen LogP contribution in [0.25, 0.3) is 0 Å². The van der Waals surface area contributed by atoms with Crippen molar-refractivity contribution in [2.45, 2.75) is 6.92 Å². The molecule has 58 valence electrons. The van der Waals surface area contributed by atoms with Crippen molar-refractivity contribution < 1.29 is 5.21 Å². The maximum atomic E-state index is 8.26. The number of rotatable bonds is 1.